The highest BCUT2D eigenvalue weighted by Gasteiger charge is 2.06. The lowest BCUT2D eigenvalue weighted by molar-refractivity contribution is 0.915. The van der Waals surface area contributed by atoms with E-state index in [9.17, 15) is 0 Å². The van der Waals surface area contributed by atoms with Gasteiger partial charge >= 0.3 is 0 Å². The van der Waals surface area contributed by atoms with Crippen LogP contribution in [0, 0.1) is 0 Å². The maximum atomic E-state index is 5.61. The van der Waals surface area contributed by atoms with E-state index in [0.717, 1.165) is 22.3 Å². The Morgan fingerprint density at radius 1 is 1.40 bits per heavy atom. The standard InChI is InChI=1S/C10H10BrN3S/c11-9-8(14-10(12)15-9)4-3-7-2-1-5-13-6-7/h1-2,5-6H,3-4H2,(H2,12,14). The second kappa shape index (κ2) is 4.72. The monoisotopic (exact) mass is 283 g/mol. The molecule has 2 rings (SSSR count). The smallest absolute Gasteiger partial charge is 0.181 e. The van der Waals surface area contributed by atoms with E-state index in [1.165, 1.54) is 16.9 Å². The number of nitrogens with two attached hydrogens (primary N) is 1. The number of nitrogens with zero attached hydrogens (tertiary/aromatic N) is 2. The molecule has 0 atom stereocenters. The molecular formula is C10H10BrN3S. The number of halogens is 1. The van der Waals surface area contributed by atoms with Crippen molar-refractivity contribution in [1.82, 2.24) is 9.97 Å². The molecule has 5 heteroatoms. The maximum absolute atomic E-state index is 5.61. The van der Waals surface area contributed by atoms with Crippen LogP contribution in [0.3, 0.4) is 0 Å². The van der Waals surface area contributed by atoms with Crippen LogP contribution in [-0.2, 0) is 12.8 Å². The molecule has 15 heavy (non-hydrogen) atoms. The van der Waals surface area contributed by atoms with E-state index in [1.807, 2.05) is 12.3 Å². The number of aryl methyl sites for hydroxylation is 2. The van der Waals surface area contributed by atoms with Crippen molar-refractivity contribution in [1.29, 1.82) is 0 Å². The Kier molecular flexibility index (Phi) is 3.33. The van der Waals surface area contributed by atoms with Gasteiger partial charge in [0.2, 0.25) is 0 Å². The minimum atomic E-state index is 0.614. The van der Waals surface area contributed by atoms with Crippen molar-refractivity contribution < 1.29 is 0 Å². The SMILES string of the molecule is Nc1nc(CCc2cccnc2)c(Br)s1. The summed E-state index contributed by atoms with van der Waals surface area (Å²) in [4.78, 5) is 8.32. The fourth-order valence-electron chi connectivity index (χ4n) is 1.31. The minimum Gasteiger partial charge on any atom is -0.375 e. The van der Waals surface area contributed by atoms with E-state index in [-0.39, 0.29) is 0 Å². The van der Waals surface area contributed by atoms with Crippen molar-refractivity contribution in [3.8, 4) is 0 Å². The van der Waals surface area contributed by atoms with Crippen LogP contribution in [0.1, 0.15) is 11.3 Å². The summed E-state index contributed by atoms with van der Waals surface area (Å²) < 4.78 is 1.03. The normalized spacial score (nSPS) is 10.5. The fourth-order valence-corrected chi connectivity index (χ4v) is 2.70. The number of hydrogen-bond acceptors (Lipinski definition) is 4. The van der Waals surface area contributed by atoms with Crippen molar-refractivity contribution in [2.24, 2.45) is 0 Å². The average molecular weight is 284 g/mol. The molecule has 0 aliphatic carbocycles. The first-order valence-corrected chi connectivity index (χ1v) is 6.16. The Hall–Kier alpha value is -0.940. The molecule has 0 amide bonds. The lowest BCUT2D eigenvalue weighted by atomic mass is 10.1. The number of anilines is 1. The largest absolute Gasteiger partial charge is 0.375 e. The third-order valence-electron chi connectivity index (χ3n) is 2.04. The zero-order valence-electron chi connectivity index (χ0n) is 7.98. The van der Waals surface area contributed by atoms with E-state index in [2.05, 4.69) is 32.0 Å². The topological polar surface area (TPSA) is 51.8 Å². The molecular weight excluding hydrogens is 274 g/mol. The molecule has 0 spiro atoms. The fraction of sp³-hybridized carbons (Fsp3) is 0.200. The van der Waals surface area contributed by atoms with Crippen molar-refractivity contribution in [2.45, 2.75) is 12.8 Å². The Balaban J connectivity index is 2.02. The average Bonchev–Trinajstić information content (AvgIpc) is 2.56. The van der Waals surface area contributed by atoms with Gasteiger partial charge in [0.05, 0.1) is 9.48 Å². The van der Waals surface area contributed by atoms with Gasteiger partial charge in [0.1, 0.15) is 0 Å². The second-order valence-corrected chi connectivity index (χ2v) is 5.48. The minimum absolute atomic E-state index is 0.614. The van der Waals surface area contributed by atoms with Gasteiger partial charge in [0, 0.05) is 12.4 Å². The third kappa shape index (κ3) is 2.76. The van der Waals surface area contributed by atoms with E-state index < -0.39 is 0 Å². The molecule has 0 fully saturated rings. The predicted molar refractivity (Wildman–Crippen MR) is 65.9 cm³/mol. The summed E-state index contributed by atoms with van der Waals surface area (Å²) in [7, 11) is 0. The Morgan fingerprint density at radius 3 is 2.87 bits per heavy atom. The van der Waals surface area contributed by atoms with Crippen LogP contribution in [0.2, 0.25) is 0 Å². The number of aromatic nitrogens is 2. The Labute approximate surface area is 101 Å². The molecule has 2 N–H and O–H groups in total. The number of hydrogen-bond donors (Lipinski definition) is 1. The number of pyridine rings is 1. The van der Waals surface area contributed by atoms with E-state index in [1.54, 1.807) is 6.20 Å². The molecule has 0 aliphatic heterocycles. The van der Waals surface area contributed by atoms with Crippen LogP contribution in [0.5, 0.6) is 0 Å². The highest BCUT2D eigenvalue weighted by Crippen LogP contribution is 2.27. The molecule has 2 heterocycles. The summed E-state index contributed by atoms with van der Waals surface area (Å²) >= 11 is 4.92. The van der Waals surface area contributed by atoms with Gasteiger partial charge < -0.3 is 5.73 Å². The number of nitrogen functional groups attached to an aromatic ring is 1. The second-order valence-electron chi connectivity index (χ2n) is 3.13. The summed E-state index contributed by atoms with van der Waals surface area (Å²) in [6.07, 6.45) is 5.49. The van der Waals surface area contributed by atoms with Gasteiger partial charge in [-0.2, -0.15) is 0 Å². The highest BCUT2D eigenvalue weighted by molar-refractivity contribution is 9.11. The van der Waals surface area contributed by atoms with E-state index >= 15 is 0 Å². The van der Waals surface area contributed by atoms with Crippen LogP contribution in [0.4, 0.5) is 5.13 Å². The Morgan fingerprint density at radius 2 is 2.27 bits per heavy atom. The van der Waals surface area contributed by atoms with Gasteiger partial charge in [-0.05, 0) is 40.4 Å². The molecule has 0 saturated carbocycles. The Bertz CT molecular complexity index is 441. The van der Waals surface area contributed by atoms with Gasteiger partial charge in [-0.15, -0.1) is 0 Å². The van der Waals surface area contributed by atoms with Gasteiger partial charge in [-0.25, -0.2) is 4.98 Å². The van der Waals surface area contributed by atoms with E-state index in [4.69, 9.17) is 5.73 Å². The van der Waals surface area contributed by atoms with Gasteiger partial charge in [-0.3, -0.25) is 4.98 Å². The van der Waals surface area contributed by atoms with Crippen LogP contribution < -0.4 is 5.73 Å². The van der Waals surface area contributed by atoms with Crippen molar-refractivity contribution in [3.63, 3.8) is 0 Å². The summed E-state index contributed by atoms with van der Waals surface area (Å²) in [6, 6.07) is 4.01. The zero-order valence-corrected chi connectivity index (χ0v) is 10.4. The molecule has 0 aromatic carbocycles. The van der Waals surface area contributed by atoms with E-state index in [0.29, 0.717) is 5.13 Å². The van der Waals surface area contributed by atoms with Crippen molar-refractivity contribution in [2.75, 3.05) is 5.73 Å². The third-order valence-corrected chi connectivity index (χ3v) is 3.70. The quantitative estimate of drug-likeness (QED) is 0.942. The van der Waals surface area contributed by atoms with Gasteiger partial charge in [-0.1, -0.05) is 17.4 Å². The number of rotatable bonds is 3. The van der Waals surface area contributed by atoms with Crippen LogP contribution in [0.25, 0.3) is 0 Å². The summed E-state index contributed by atoms with van der Waals surface area (Å²) in [5, 5.41) is 0.614. The zero-order chi connectivity index (χ0) is 10.7. The van der Waals surface area contributed by atoms with Gasteiger partial charge in [0.25, 0.3) is 0 Å². The lowest BCUT2D eigenvalue weighted by Gasteiger charge is -1.98. The molecule has 0 radical (unpaired) electrons. The maximum Gasteiger partial charge on any atom is 0.181 e. The first-order chi connectivity index (χ1) is 7.25. The lowest BCUT2D eigenvalue weighted by Crippen LogP contribution is -1.93. The molecule has 2 aromatic heterocycles. The first kappa shape index (κ1) is 10.6. The predicted octanol–water partition coefficient (Wildman–Crippen LogP) is 2.67. The van der Waals surface area contributed by atoms with Crippen LogP contribution in [-0.4, -0.2) is 9.97 Å². The molecule has 2 aromatic rings. The molecule has 0 saturated heterocycles. The molecule has 0 unspecified atom stereocenters. The van der Waals surface area contributed by atoms with Crippen LogP contribution >= 0.6 is 27.3 Å². The van der Waals surface area contributed by atoms with Crippen molar-refractivity contribution in [3.05, 3.63) is 39.6 Å². The summed E-state index contributed by atoms with van der Waals surface area (Å²) in [5.41, 5.74) is 7.86. The molecule has 0 bridgehead atoms. The first-order valence-electron chi connectivity index (χ1n) is 4.55. The summed E-state index contributed by atoms with van der Waals surface area (Å²) in [5.74, 6) is 0. The number of thiazole rings is 1. The molecule has 0 aliphatic rings. The van der Waals surface area contributed by atoms with Crippen molar-refractivity contribution >= 4 is 32.4 Å². The van der Waals surface area contributed by atoms with Crippen LogP contribution in [0.15, 0.2) is 28.3 Å². The molecule has 78 valence electrons. The highest BCUT2D eigenvalue weighted by atomic mass is 79.9. The molecule has 3 nitrogen and oxygen atoms in total. The summed E-state index contributed by atoms with van der Waals surface area (Å²) in [6.45, 7) is 0. The van der Waals surface area contributed by atoms with Gasteiger partial charge in [0.15, 0.2) is 5.13 Å².